The molecule has 0 fully saturated rings. The Morgan fingerprint density at radius 3 is 2.53 bits per heavy atom. The van der Waals surface area contributed by atoms with E-state index in [2.05, 4.69) is 0 Å². The Kier molecular flexibility index (Phi) is 6.86. The van der Waals surface area contributed by atoms with E-state index in [1.807, 2.05) is 6.07 Å². The Balaban J connectivity index is 1.56. The van der Waals surface area contributed by atoms with Gasteiger partial charge < -0.3 is 14.7 Å². The molecule has 0 saturated carbocycles. The second kappa shape index (κ2) is 9.74. The van der Waals surface area contributed by atoms with Crippen molar-refractivity contribution in [1.29, 1.82) is 0 Å². The minimum atomic E-state index is -5.19. The first kappa shape index (κ1) is 26.8. The number of alkyl halides is 4. The largest absolute Gasteiger partial charge is 0.487 e. The first-order valence-electron chi connectivity index (χ1n) is 12.0. The molecular formula is C28H23Cl2F4NO3. The second-order valence-corrected chi connectivity index (χ2v) is 10.5. The molecule has 4 nitrogen and oxygen atoms in total. The predicted molar refractivity (Wildman–Crippen MR) is 137 cm³/mol. The van der Waals surface area contributed by atoms with Gasteiger partial charge in [0.05, 0.1) is 17.5 Å². The lowest BCUT2D eigenvalue weighted by atomic mass is 9.70. The topological polar surface area (TPSA) is 49.8 Å². The van der Waals surface area contributed by atoms with Crippen molar-refractivity contribution >= 4 is 34.8 Å². The third-order valence-corrected chi connectivity index (χ3v) is 7.82. The molecule has 38 heavy (non-hydrogen) atoms. The van der Waals surface area contributed by atoms with Crippen LogP contribution in [0, 0.1) is 0 Å². The van der Waals surface area contributed by atoms with Crippen LogP contribution in [0.2, 0.25) is 10.0 Å². The van der Waals surface area contributed by atoms with Crippen molar-refractivity contribution in [3.05, 3.63) is 93.0 Å². The molecule has 2 aliphatic rings. The number of fused-ring (bicyclic) bond motifs is 2. The number of aliphatic hydroxyl groups is 1. The summed E-state index contributed by atoms with van der Waals surface area (Å²) in [5.41, 5.74) is -2.97. The summed E-state index contributed by atoms with van der Waals surface area (Å²) in [6.07, 6.45) is -7.90. The molecule has 0 radical (unpaired) electrons. The number of hydrogen-bond donors (Lipinski definition) is 1. The molecule has 5 rings (SSSR count). The number of ether oxygens (including phenoxy) is 1. The van der Waals surface area contributed by atoms with E-state index in [4.69, 9.17) is 27.9 Å². The Hall–Kier alpha value is -2.81. The SMILES string of the molecule is C[C@H](C(=O)N1C[C@@H](Oc2cc(Cl)ccc2Cl)CCc2cc3c(cc21)[C@@H](F)C3(O)C(F)(F)F)c1ccccc1. The number of anilines is 1. The van der Waals surface area contributed by atoms with Gasteiger partial charge >= 0.3 is 6.18 Å². The molecule has 1 heterocycles. The van der Waals surface area contributed by atoms with Crippen LogP contribution in [-0.2, 0) is 16.8 Å². The van der Waals surface area contributed by atoms with Crippen LogP contribution >= 0.6 is 23.2 Å². The quantitative estimate of drug-likeness (QED) is 0.336. The summed E-state index contributed by atoms with van der Waals surface area (Å²) in [4.78, 5) is 15.2. The van der Waals surface area contributed by atoms with Crippen LogP contribution in [0.25, 0.3) is 0 Å². The normalized spacial score (nSPS) is 23.5. The standard InChI is InChI=1S/C28H23Cl2F4NO3/c1-15(16-5-3-2-4-6-16)26(36)35-14-19(38-24-12-18(29)8-10-22(24)30)9-7-17-11-21-20(13-23(17)35)25(31)27(21,37)28(32,33)34/h2-6,8,10-13,15,19,25,37H,7,9,14H2,1H3/t15-,19-,25+,27?/m0/s1. The van der Waals surface area contributed by atoms with Gasteiger partial charge in [0.2, 0.25) is 11.5 Å². The fraction of sp³-hybridized carbons (Fsp3) is 0.321. The zero-order chi connectivity index (χ0) is 27.4. The Bertz CT molecular complexity index is 1380. The maximum atomic E-state index is 14.8. The molecule has 1 aliphatic carbocycles. The van der Waals surface area contributed by atoms with Gasteiger partial charge in [0.25, 0.3) is 0 Å². The molecule has 1 unspecified atom stereocenters. The number of benzene rings is 3. The highest BCUT2D eigenvalue weighted by Crippen LogP contribution is 2.60. The smallest absolute Gasteiger partial charge is 0.424 e. The summed E-state index contributed by atoms with van der Waals surface area (Å²) >= 11 is 12.4. The van der Waals surface area contributed by atoms with Gasteiger partial charge in [0, 0.05) is 22.3 Å². The van der Waals surface area contributed by atoms with E-state index in [0.29, 0.717) is 33.5 Å². The molecule has 4 atom stereocenters. The van der Waals surface area contributed by atoms with E-state index in [1.165, 1.54) is 11.0 Å². The van der Waals surface area contributed by atoms with Crippen LogP contribution in [0.1, 0.15) is 47.7 Å². The molecule has 0 bridgehead atoms. The van der Waals surface area contributed by atoms with Gasteiger partial charge in [-0.2, -0.15) is 13.2 Å². The number of amides is 1. The molecule has 1 amide bonds. The van der Waals surface area contributed by atoms with Crippen LogP contribution in [0.5, 0.6) is 5.75 Å². The molecule has 3 aromatic rings. The van der Waals surface area contributed by atoms with Gasteiger partial charge in [-0.15, -0.1) is 0 Å². The average molecular weight is 568 g/mol. The first-order valence-corrected chi connectivity index (χ1v) is 12.8. The molecule has 10 heteroatoms. The predicted octanol–water partition coefficient (Wildman–Crippen LogP) is 7.30. The van der Waals surface area contributed by atoms with E-state index in [-0.39, 0.29) is 24.4 Å². The molecule has 1 aliphatic heterocycles. The van der Waals surface area contributed by atoms with E-state index >= 15 is 0 Å². The van der Waals surface area contributed by atoms with E-state index in [0.717, 1.165) is 11.6 Å². The molecule has 200 valence electrons. The molecule has 0 saturated heterocycles. The maximum absolute atomic E-state index is 14.8. The number of halogens is 6. The molecule has 0 spiro atoms. The first-order chi connectivity index (χ1) is 17.9. The Morgan fingerprint density at radius 2 is 1.84 bits per heavy atom. The zero-order valence-corrected chi connectivity index (χ0v) is 21.6. The van der Waals surface area contributed by atoms with Gasteiger partial charge in [-0.25, -0.2) is 4.39 Å². The van der Waals surface area contributed by atoms with Crippen molar-refractivity contribution in [2.75, 3.05) is 11.4 Å². The van der Waals surface area contributed by atoms with Gasteiger partial charge in [0.15, 0.2) is 6.17 Å². The summed E-state index contributed by atoms with van der Waals surface area (Å²) in [6.45, 7) is 1.78. The van der Waals surface area contributed by atoms with Crippen molar-refractivity contribution in [1.82, 2.24) is 0 Å². The van der Waals surface area contributed by atoms with Crippen molar-refractivity contribution in [3.63, 3.8) is 0 Å². The molecule has 1 N–H and O–H groups in total. The highest BCUT2D eigenvalue weighted by molar-refractivity contribution is 6.34. The Labute approximate surface area is 226 Å². The highest BCUT2D eigenvalue weighted by atomic mass is 35.5. The summed E-state index contributed by atoms with van der Waals surface area (Å²) in [6, 6.07) is 16.2. The molecular weight excluding hydrogens is 545 g/mol. The highest BCUT2D eigenvalue weighted by Gasteiger charge is 2.68. The number of carbonyl (C=O) groups excluding carboxylic acids is 1. The lowest BCUT2D eigenvalue weighted by Crippen LogP contribution is -2.53. The van der Waals surface area contributed by atoms with Crippen molar-refractivity contribution in [2.24, 2.45) is 0 Å². The minimum absolute atomic E-state index is 0.0468. The van der Waals surface area contributed by atoms with Crippen LogP contribution < -0.4 is 9.64 Å². The van der Waals surface area contributed by atoms with Gasteiger partial charge in [0.1, 0.15) is 11.9 Å². The summed E-state index contributed by atoms with van der Waals surface area (Å²) in [5.74, 6) is -0.623. The van der Waals surface area contributed by atoms with Crippen LogP contribution in [0.4, 0.5) is 23.2 Å². The molecule has 3 aromatic carbocycles. The fourth-order valence-corrected chi connectivity index (χ4v) is 5.42. The van der Waals surface area contributed by atoms with Crippen LogP contribution in [-0.4, -0.2) is 29.8 Å². The van der Waals surface area contributed by atoms with E-state index in [9.17, 15) is 27.5 Å². The second-order valence-electron chi connectivity index (χ2n) is 9.63. The minimum Gasteiger partial charge on any atom is -0.487 e. The van der Waals surface area contributed by atoms with Crippen molar-refractivity contribution in [3.8, 4) is 5.75 Å². The van der Waals surface area contributed by atoms with Crippen molar-refractivity contribution in [2.45, 2.75) is 49.7 Å². The number of nitrogens with zero attached hydrogens (tertiary/aromatic N) is 1. The van der Waals surface area contributed by atoms with Gasteiger partial charge in [-0.3, -0.25) is 4.79 Å². The summed E-state index contributed by atoms with van der Waals surface area (Å²) < 4.78 is 61.7. The average Bonchev–Trinajstić information content (AvgIpc) is 3.07. The van der Waals surface area contributed by atoms with Crippen molar-refractivity contribution < 1.29 is 32.2 Å². The third-order valence-electron chi connectivity index (χ3n) is 7.27. The number of hydrogen-bond acceptors (Lipinski definition) is 3. The fourth-order valence-electron chi connectivity index (χ4n) is 5.10. The number of rotatable bonds is 4. The summed E-state index contributed by atoms with van der Waals surface area (Å²) in [5, 5.41) is 10.9. The van der Waals surface area contributed by atoms with E-state index < -0.39 is 35.5 Å². The van der Waals surface area contributed by atoms with Crippen LogP contribution in [0.3, 0.4) is 0 Å². The third kappa shape index (κ3) is 4.42. The van der Waals surface area contributed by atoms with E-state index in [1.54, 1.807) is 49.4 Å². The van der Waals surface area contributed by atoms with Crippen LogP contribution in [0.15, 0.2) is 60.7 Å². The molecule has 0 aromatic heterocycles. The van der Waals surface area contributed by atoms with Gasteiger partial charge in [-0.1, -0.05) is 53.5 Å². The number of carbonyl (C=O) groups is 1. The summed E-state index contributed by atoms with van der Waals surface area (Å²) in [7, 11) is 0. The zero-order valence-electron chi connectivity index (χ0n) is 20.1. The van der Waals surface area contributed by atoms with Gasteiger partial charge in [-0.05, 0) is 60.7 Å². The number of aryl methyl sites for hydroxylation is 1. The lowest BCUT2D eigenvalue weighted by Gasteiger charge is -2.44. The Morgan fingerprint density at radius 1 is 1.13 bits per heavy atom. The monoisotopic (exact) mass is 567 g/mol. The maximum Gasteiger partial charge on any atom is 0.424 e. The lowest BCUT2D eigenvalue weighted by molar-refractivity contribution is -0.302.